The molecule has 4 saturated carbocycles. The summed E-state index contributed by atoms with van der Waals surface area (Å²) in [4.78, 5) is 0. The van der Waals surface area contributed by atoms with Crippen LogP contribution in [0.5, 0.6) is 0 Å². The number of fused-ring (bicyclic) bond motifs is 7. The maximum absolute atomic E-state index is 4.28. The first-order valence-electron chi connectivity index (χ1n) is 12.8. The lowest BCUT2D eigenvalue weighted by Crippen LogP contribution is -2.49. The Kier molecular flexibility index (Phi) is 6.78. The zero-order chi connectivity index (χ0) is 21.5. The molecule has 0 heterocycles. The number of allylic oxidation sites excluding steroid dienone is 3. The second-order valence-corrected chi connectivity index (χ2v) is 10.4. The minimum Gasteiger partial charge on any atom is -0.106 e. The van der Waals surface area contributed by atoms with Crippen LogP contribution in [0.2, 0.25) is 0 Å². The fourth-order valence-electron chi connectivity index (χ4n) is 8.43. The van der Waals surface area contributed by atoms with Gasteiger partial charge in [-0.05, 0) is 91.8 Å². The van der Waals surface area contributed by atoms with Gasteiger partial charge in [0.1, 0.15) is 0 Å². The van der Waals surface area contributed by atoms with Crippen molar-refractivity contribution in [1.82, 2.24) is 0 Å². The summed E-state index contributed by atoms with van der Waals surface area (Å²) in [5.74, 6) is 15.0. The van der Waals surface area contributed by atoms with Crippen LogP contribution < -0.4 is 0 Å². The molecule has 0 heteroatoms. The SMILES string of the molecule is C=C1C=C2C(C)CC3C(CCC4(C)C(C#CC)C5C(C)C5C34)C2CC1.CC.CC. The summed E-state index contributed by atoms with van der Waals surface area (Å²) in [6, 6.07) is 0. The predicted octanol–water partition coefficient (Wildman–Crippen LogP) is 8.16. The van der Waals surface area contributed by atoms with Crippen LogP contribution in [0.3, 0.4) is 0 Å². The van der Waals surface area contributed by atoms with Gasteiger partial charge >= 0.3 is 0 Å². The van der Waals surface area contributed by atoms with E-state index in [2.05, 4.69) is 52.2 Å². The zero-order valence-corrected chi connectivity index (χ0v) is 20.5. The van der Waals surface area contributed by atoms with Crippen molar-refractivity contribution in [2.75, 3.05) is 0 Å². The van der Waals surface area contributed by atoms with Crippen molar-refractivity contribution in [1.29, 1.82) is 0 Å². The van der Waals surface area contributed by atoms with Crippen LogP contribution in [-0.4, -0.2) is 0 Å². The Bertz CT molecular complexity index is 699. The molecule has 162 valence electrons. The standard InChI is InChI=1S/C25H34.2C2H6/c1-6-7-21-22-16(4)23(22)24-20-13-15(3)19-12-14(2)8-9-17(19)18(20)10-11-25(21,24)5;2*1-2/h12,15-18,20-24H,2,8-11,13H2,1,3-5H3;2*1-2H3. The molecule has 4 fully saturated rings. The molecule has 0 amide bonds. The highest BCUT2D eigenvalue weighted by Gasteiger charge is 2.72. The molecule has 0 saturated heterocycles. The van der Waals surface area contributed by atoms with Gasteiger partial charge < -0.3 is 0 Å². The molecule has 0 N–H and O–H groups in total. The first-order chi connectivity index (χ1) is 14.0. The first-order valence-corrected chi connectivity index (χ1v) is 12.8. The maximum Gasteiger partial charge on any atom is 0.0293 e. The summed E-state index contributed by atoms with van der Waals surface area (Å²) in [5, 5.41) is 0. The highest BCUT2D eigenvalue weighted by Crippen LogP contribution is 2.76. The summed E-state index contributed by atoms with van der Waals surface area (Å²) in [5.41, 5.74) is 3.65. The van der Waals surface area contributed by atoms with Gasteiger partial charge in [-0.2, -0.15) is 0 Å². The van der Waals surface area contributed by atoms with Crippen LogP contribution in [0.1, 0.15) is 87.5 Å². The van der Waals surface area contributed by atoms with E-state index in [1.807, 2.05) is 27.7 Å². The van der Waals surface area contributed by atoms with Gasteiger partial charge in [0.2, 0.25) is 0 Å². The quantitative estimate of drug-likeness (QED) is 0.363. The molecule has 0 aromatic carbocycles. The molecule has 0 bridgehead atoms. The van der Waals surface area contributed by atoms with Crippen LogP contribution in [-0.2, 0) is 0 Å². The Morgan fingerprint density at radius 3 is 2.38 bits per heavy atom. The van der Waals surface area contributed by atoms with Gasteiger partial charge in [0, 0.05) is 5.92 Å². The molecular weight excluding hydrogens is 348 g/mol. The zero-order valence-electron chi connectivity index (χ0n) is 20.5. The van der Waals surface area contributed by atoms with Gasteiger partial charge in [0.25, 0.3) is 0 Å². The van der Waals surface area contributed by atoms with E-state index in [1.165, 1.54) is 37.7 Å². The van der Waals surface area contributed by atoms with Crippen LogP contribution in [0.4, 0.5) is 0 Å². The Labute approximate surface area is 182 Å². The fraction of sp³-hybridized carbons (Fsp3) is 0.793. The number of hydrogen-bond donors (Lipinski definition) is 0. The van der Waals surface area contributed by atoms with E-state index >= 15 is 0 Å². The number of hydrogen-bond acceptors (Lipinski definition) is 0. The molecule has 29 heavy (non-hydrogen) atoms. The Balaban J connectivity index is 0.000000568. The second-order valence-electron chi connectivity index (χ2n) is 10.4. The van der Waals surface area contributed by atoms with E-state index in [9.17, 15) is 0 Å². The number of rotatable bonds is 0. The van der Waals surface area contributed by atoms with E-state index in [0.29, 0.717) is 11.3 Å². The molecule has 0 aromatic rings. The Morgan fingerprint density at radius 1 is 1.03 bits per heavy atom. The normalized spacial score (nSPS) is 48.5. The molecule has 0 aliphatic heterocycles. The Hall–Kier alpha value is -0.960. The first kappa shape index (κ1) is 22.7. The lowest BCUT2D eigenvalue weighted by molar-refractivity contribution is -0.0425. The summed E-state index contributed by atoms with van der Waals surface area (Å²) in [7, 11) is 0. The van der Waals surface area contributed by atoms with Crippen LogP contribution >= 0.6 is 0 Å². The molecule has 5 aliphatic rings. The third kappa shape index (κ3) is 3.36. The van der Waals surface area contributed by atoms with E-state index in [1.54, 1.807) is 5.57 Å². The van der Waals surface area contributed by atoms with Crippen molar-refractivity contribution < 1.29 is 0 Å². The van der Waals surface area contributed by atoms with Crippen molar-refractivity contribution in [3.8, 4) is 11.8 Å². The van der Waals surface area contributed by atoms with Crippen molar-refractivity contribution >= 4 is 0 Å². The monoisotopic (exact) mass is 394 g/mol. The third-order valence-electron chi connectivity index (χ3n) is 9.40. The van der Waals surface area contributed by atoms with Gasteiger partial charge in [0.15, 0.2) is 0 Å². The minimum atomic E-state index is 0.505. The molecule has 0 nitrogen and oxygen atoms in total. The van der Waals surface area contributed by atoms with E-state index < -0.39 is 0 Å². The van der Waals surface area contributed by atoms with Gasteiger partial charge in [-0.15, -0.1) is 5.92 Å². The molecule has 5 aliphatic carbocycles. The predicted molar refractivity (Wildman–Crippen MR) is 127 cm³/mol. The molecule has 5 rings (SSSR count). The maximum atomic E-state index is 4.28. The third-order valence-corrected chi connectivity index (χ3v) is 9.40. The molecule has 0 aromatic heterocycles. The average molecular weight is 395 g/mol. The minimum absolute atomic E-state index is 0.505. The lowest BCUT2D eigenvalue weighted by Gasteiger charge is -2.56. The fourth-order valence-corrected chi connectivity index (χ4v) is 8.43. The summed E-state index contributed by atoms with van der Waals surface area (Å²) < 4.78 is 0. The molecule has 0 spiro atoms. The van der Waals surface area contributed by atoms with Gasteiger partial charge in [0.05, 0.1) is 0 Å². The van der Waals surface area contributed by atoms with Crippen molar-refractivity contribution in [3.63, 3.8) is 0 Å². The van der Waals surface area contributed by atoms with E-state index in [0.717, 1.165) is 47.3 Å². The van der Waals surface area contributed by atoms with E-state index in [-0.39, 0.29) is 0 Å². The van der Waals surface area contributed by atoms with Crippen LogP contribution in [0.15, 0.2) is 23.8 Å². The van der Waals surface area contributed by atoms with Gasteiger partial charge in [-0.25, -0.2) is 0 Å². The molecule has 0 radical (unpaired) electrons. The highest BCUT2D eigenvalue weighted by molar-refractivity contribution is 5.33. The van der Waals surface area contributed by atoms with Gasteiger partial charge in [-0.1, -0.05) is 78.2 Å². The van der Waals surface area contributed by atoms with Crippen molar-refractivity contribution in [2.24, 2.45) is 58.7 Å². The van der Waals surface area contributed by atoms with Crippen LogP contribution in [0, 0.1) is 70.5 Å². The van der Waals surface area contributed by atoms with Crippen LogP contribution in [0.25, 0.3) is 0 Å². The topological polar surface area (TPSA) is 0 Å². The second kappa shape index (κ2) is 8.65. The molecule has 10 unspecified atom stereocenters. The Morgan fingerprint density at radius 2 is 1.72 bits per heavy atom. The largest absolute Gasteiger partial charge is 0.106 e. The molecular formula is C29H46. The summed E-state index contributed by atoms with van der Waals surface area (Å²) in [6.45, 7) is 22.0. The molecule has 10 atom stereocenters. The van der Waals surface area contributed by atoms with Crippen molar-refractivity contribution in [2.45, 2.75) is 87.5 Å². The van der Waals surface area contributed by atoms with Gasteiger partial charge in [-0.3, -0.25) is 0 Å². The smallest absolute Gasteiger partial charge is 0.0293 e. The summed E-state index contributed by atoms with van der Waals surface area (Å²) >= 11 is 0. The average Bonchev–Trinajstić information content (AvgIpc) is 3.28. The lowest BCUT2D eigenvalue weighted by atomic mass is 9.48. The summed E-state index contributed by atoms with van der Waals surface area (Å²) in [6.07, 6.45) is 9.42. The highest BCUT2D eigenvalue weighted by atomic mass is 14.8. The van der Waals surface area contributed by atoms with Crippen molar-refractivity contribution in [3.05, 3.63) is 23.8 Å². The van der Waals surface area contributed by atoms with E-state index in [4.69, 9.17) is 0 Å².